The Labute approximate surface area is 210 Å². The summed E-state index contributed by atoms with van der Waals surface area (Å²) in [5.41, 5.74) is 0.777. The second kappa shape index (κ2) is 18.9. The summed E-state index contributed by atoms with van der Waals surface area (Å²) in [7, 11) is -2.67. The van der Waals surface area contributed by atoms with Gasteiger partial charge in [0.25, 0.3) is 0 Å². The van der Waals surface area contributed by atoms with Gasteiger partial charge in [-0.15, -0.1) is 0 Å². The Morgan fingerprint density at radius 3 is 2.23 bits per heavy atom. The van der Waals surface area contributed by atoms with Crippen LogP contribution in [0.25, 0.3) is 6.08 Å². The van der Waals surface area contributed by atoms with E-state index in [-0.39, 0.29) is 0 Å². The number of rotatable bonds is 20. The van der Waals surface area contributed by atoms with Gasteiger partial charge in [-0.05, 0) is 76.6 Å². The van der Waals surface area contributed by atoms with Gasteiger partial charge in [-0.1, -0.05) is 12.1 Å². The fourth-order valence-corrected chi connectivity index (χ4v) is 5.95. The predicted molar refractivity (Wildman–Crippen MR) is 136 cm³/mol. The Morgan fingerprint density at radius 1 is 0.943 bits per heavy atom. The second-order valence-corrected chi connectivity index (χ2v) is 10.4. The molecule has 1 rings (SSSR count). The van der Waals surface area contributed by atoms with Crippen molar-refractivity contribution in [1.29, 1.82) is 0 Å². The van der Waals surface area contributed by atoms with Gasteiger partial charge in [0.15, 0.2) is 0 Å². The van der Waals surface area contributed by atoms with Gasteiger partial charge in [0.2, 0.25) is 0 Å². The van der Waals surface area contributed by atoms with Gasteiger partial charge in [0, 0.05) is 38.5 Å². The van der Waals surface area contributed by atoms with Crippen LogP contribution in [0.3, 0.4) is 0 Å². The van der Waals surface area contributed by atoms with Crippen molar-refractivity contribution < 1.29 is 37.4 Å². The number of alkyl carbamates (subject to hydrolysis) is 1. The van der Waals surface area contributed by atoms with E-state index >= 15 is 0 Å². The van der Waals surface area contributed by atoms with Crippen molar-refractivity contribution in [1.82, 2.24) is 5.32 Å². The van der Waals surface area contributed by atoms with Gasteiger partial charge in [0.05, 0.1) is 13.2 Å². The largest absolute Gasteiger partial charge is 0.500 e. The van der Waals surface area contributed by atoms with Gasteiger partial charge in [-0.25, -0.2) is 9.59 Å². The van der Waals surface area contributed by atoms with Crippen molar-refractivity contribution in [2.24, 2.45) is 0 Å². The van der Waals surface area contributed by atoms with Gasteiger partial charge >= 0.3 is 20.9 Å². The second-order valence-electron chi connectivity index (χ2n) is 7.66. The molecule has 1 aromatic rings. The lowest BCUT2D eigenvalue weighted by molar-refractivity contribution is -0.131. The molecule has 0 aliphatic heterocycles. The number of hydrogen-bond donors (Lipinski definition) is 2. The molecule has 0 unspecified atom stereocenters. The molecular weight excluding hydrogens is 470 g/mol. The third-order valence-electron chi connectivity index (χ3n) is 4.84. The Bertz CT molecular complexity index is 742. The molecule has 9 nitrogen and oxygen atoms in total. The molecule has 0 saturated carbocycles. The van der Waals surface area contributed by atoms with Crippen LogP contribution in [0.4, 0.5) is 4.79 Å². The van der Waals surface area contributed by atoms with E-state index < -0.39 is 20.9 Å². The van der Waals surface area contributed by atoms with E-state index in [0.29, 0.717) is 57.8 Å². The van der Waals surface area contributed by atoms with Crippen LogP contribution in [-0.2, 0) is 22.8 Å². The van der Waals surface area contributed by atoms with E-state index in [0.717, 1.165) is 37.3 Å². The highest BCUT2D eigenvalue weighted by molar-refractivity contribution is 6.60. The maximum absolute atomic E-state index is 11.9. The third-order valence-corrected chi connectivity index (χ3v) is 7.99. The minimum absolute atomic E-state index is 0.375. The number of carbonyl (C=O) groups is 2. The standard InChI is InChI=1S/C25H41NO8Si/c1-4-32-35(33-5-2,34-6-3)20-12-17-26-25(29)31-19-10-8-7-9-18-30-23-14-11-13-22(21-23)15-16-24(27)28/h11,13-16,21H,4-10,12,17-20H2,1-3H3,(H,26,29)(H,27,28). The first-order valence-electron chi connectivity index (χ1n) is 12.4. The van der Waals surface area contributed by atoms with Crippen LogP contribution in [0.5, 0.6) is 5.75 Å². The molecule has 0 atom stereocenters. The molecule has 0 heterocycles. The quantitative estimate of drug-likeness (QED) is 0.145. The lowest BCUT2D eigenvalue weighted by Crippen LogP contribution is -2.46. The van der Waals surface area contributed by atoms with Crippen molar-refractivity contribution in [2.75, 3.05) is 39.6 Å². The number of aliphatic carboxylic acids is 1. The number of benzene rings is 1. The molecule has 0 aromatic heterocycles. The molecule has 0 aliphatic carbocycles. The summed E-state index contributed by atoms with van der Waals surface area (Å²) in [5, 5.41) is 11.5. The maximum Gasteiger partial charge on any atom is 0.500 e. The highest BCUT2D eigenvalue weighted by atomic mass is 28.4. The Balaban J connectivity index is 2.11. The molecule has 2 N–H and O–H groups in total. The van der Waals surface area contributed by atoms with Crippen LogP contribution in [0.2, 0.25) is 6.04 Å². The number of hydrogen-bond acceptors (Lipinski definition) is 7. The first-order chi connectivity index (χ1) is 16.9. The summed E-state index contributed by atoms with van der Waals surface area (Å²) < 4.78 is 28.4. The predicted octanol–water partition coefficient (Wildman–Crippen LogP) is 4.89. The number of amides is 1. The molecule has 198 valence electrons. The molecule has 1 aromatic carbocycles. The van der Waals surface area contributed by atoms with Crippen LogP contribution in [0.1, 0.15) is 58.4 Å². The van der Waals surface area contributed by atoms with E-state index in [4.69, 9.17) is 27.9 Å². The number of ether oxygens (including phenoxy) is 2. The van der Waals surface area contributed by atoms with Crippen molar-refractivity contribution in [3.05, 3.63) is 35.9 Å². The fourth-order valence-electron chi connectivity index (χ4n) is 3.34. The lowest BCUT2D eigenvalue weighted by atomic mass is 10.2. The van der Waals surface area contributed by atoms with Gasteiger partial charge in [0.1, 0.15) is 5.75 Å². The number of carbonyl (C=O) groups excluding carboxylic acids is 1. The topological polar surface area (TPSA) is 113 Å². The summed E-state index contributed by atoms with van der Waals surface area (Å²) >= 11 is 0. The van der Waals surface area contributed by atoms with Gasteiger partial charge in [-0.2, -0.15) is 0 Å². The molecule has 0 fully saturated rings. The summed E-state index contributed by atoms with van der Waals surface area (Å²) in [5.74, 6) is -0.274. The first kappa shape index (κ1) is 30.6. The van der Waals surface area contributed by atoms with Crippen LogP contribution < -0.4 is 10.1 Å². The van der Waals surface area contributed by atoms with Crippen molar-refractivity contribution in [3.63, 3.8) is 0 Å². The number of carboxylic acid groups (broad SMARTS) is 1. The van der Waals surface area contributed by atoms with Crippen molar-refractivity contribution in [2.45, 2.75) is 58.9 Å². The van der Waals surface area contributed by atoms with Crippen molar-refractivity contribution >= 4 is 26.9 Å². The maximum atomic E-state index is 11.9. The minimum Gasteiger partial charge on any atom is -0.494 e. The van der Waals surface area contributed by atoms with Crippen LogP contribution in [0, 0.1) is 0 Å². The summed E-state index contributed by atoms with van der Waals surface area (Å²) in [6.45, 7) is 8.80. The van der Waals surface area contributed by atoms with Gasteiger partial charge < -0.3 is 33.2 Å². The average molecular weight is 512 g/mol. The Hall–Kier alpha value is -2.40. The molecule has 35 heavy (non-hydrogen) atoms. The SMILES string of the molecule is CCO[Si](CCCNC(=O)OCCCCCCOc1cccc(C=CC(=O)O)c1)(OCC)OCC. The van der Waals surface area contributed by atoms with E-state index in [1.807, 2.05) is 39.0 Å². The Kier molecular flexibility index (Phi) is 16.5. The van der Waals surface area contributed by atoms with Gasteiger partial charge in [-0.3, -0.25) is 0 Å². The fraction of sp³-hybridized carbons (Fsp3) is 0.600. The first-order valence-corrected chi connectivity index (χ1v) is 14.3. The summed E-state index contributed by atoms with van der Waals surface area (Å²) in [6.07, 6.45) is 6.47. The highest BCUT2D eigenvalue weighted by Crippen LogP contribution is 2.18. The molecule has 10 heteroatoms. The molecule has 0 aliphatic rings. The van der Waals surface area contributed by atoms with Crippen LogP contribution >= 0.6 is 0 Å². The molecule has 0 bridgehead atoms. The van der Waals surface area contributed by atoms with Crippen LogP contribution in [0.15, 0.2) is 30.3 Å². The van der Waals surface area contributed by atoms with Crippen molar-refractivity contribution in [3.8, 4) is 5.75 Å². The van der Waals surface area contributed by atoms with Crippen LogP contribution in [-0.4, -0.2) is 65.6 Å². The lowest BCUT2D eigenvalue weighted by Gasteiger charge is -2.28. The normalized spacial score (nSPS) is 11.5. The average Bonchev–Trinajstić information content (AvgIpc) is 2.83. The van der Waals surface area contributed by atoms with E-state index in [1.54, 1.807) is 6.07 Å². The summed E-state index contributed by atoms with van der Waals surface area (Å²) in [4.78, 5) is 22.5. The molecular formula is C25H41NO8Si. The summed E-state index contributed by atoms with van der Waals surface area (Å²) in [6, 6.07) is 7.94. The minimum atomic E-state index is -2.67. The molecule has 0 spiro atoms. The molecule has 0 radical (unpaired) electrons. The van der Waals surface area contributed by atoms with E-state index in [1.165, 1.54) is 6.08 Å². The number of unbranched alkanes of at least 4 members (excludes halogenated alkanes) is 3. The third kappa shape index (κ3) is 14.6. The highest BCUT2D eigenvalue weighted by Gasteiger charge is 2.39. The molecule has 1 amide bonds. The zero-order valence-corrected chi connectivity index (χ0v) is 22.3. The smallest absolute Gasteiger partial charge is 0.494 e. The zero-order chi connectivity index (χ0) is 25.8. The van der Waals surface area contributed by atoms with E-state index in [2.05, 4.69) is 5.32 Å². The number of carboxylic acids is 1. The zero-order valence-electron chi connectivity index (χ0n) is 21.3. The Morgan fingerprint density at radius 2 is 1.60 bits per heavy atom. The number of nitrogens with one attached hydrogen (secondary N) is 1. The van der Waals surface area contributed by atoms with E-state index in [9.17, 15) is 9.59 Å². The monoisotopic (exact) mass is 511 g/mol. The molecule has 0 saturated heterocycles.